The zero-order valence-corrected chi connectivity index (χ0v) is 11.0. The number of carbonyl (C=O) groups excluding carboxylic acids is 1. The summed E-state index contributed by atoms with van der Waals surface area (Å²) in [6.45, 7) is 1.98. The maximum Gasteiger partial charge on any atom is 0.258 e. The first-order chi connectivity index (χ1) is 9.10. The molecule has 4 nitrogen and oxygen atoms in total. The molecule has 1 N–H and O–H groups in total. The number of anilines is 1. The molecule has 1 aromatic rings. The maximum atomic E-state index is 12.0. The summed E-state index contributed by atoms with van der Waals surface area (Å²) in [5, 5.41) is 10.1. The molecule has 1 heterocycles. The summed E-state index contributed by atoms with van der Waals surface area (Å²) in [4.78, 5) is 13.6. The average Bonchev–Trinajstić information content (AvgIpc) is 2.39. The van der Waals surface area contributed by atoms with Crippen molar-refractivity contribution in [2.45, 2.75) is 31.6 Å². The summed E-state index contributed by atoms with van der Waals surface area (Å²) in [5.74, 6) is 2.27. The van der Waals surface area contributed by atoms with Gasteiger partial charge in [0.25, 0.3) is 5.91 Å². The van der Waals surface area contributed by atoms with Gasteiger partial charge >= 0.3 is 0 Å². The van der Waals surface area contributed by atoms with Gasteiger partial charge in [0.2, 0.25) is 0 Å². The number of terminal acetylenes is 1. The van der Waals surface area contributed by atoms with E-state index in [1.165, 1.54) is 7.11 Å². The molecule has 1 aliphatic heterocycles. The van der Waals surface area contributed by atoms with Gasteiger partial charge in [0.05, 0.1) is 12.1 Å². The SMILES string of the molecule is C#CC[C@H](O)[C@H]1[C@@H](OC)C(=O)N1c1ccc(C)cc1. The first-order valence-electron chi connectivity index (χ1n) is 6.14. The number of ether oxygens (including phenoxy) is 1. The Bertz CT molecular complexity index is 503. The van der Waals surface area contributed by atoms with Crippen molar-refractivity contribution < 1.29 is 14.6 Å². The van der Waals surface area contributed by atoms with Gasteiger partial charge in [-0.1, -0.05) is 17.7 Å². The Hall–Kier alpha value is -1.83. The molecule has 19 heavy (non-hydrogen) atoms. The fourth-order valence-corrected chi connectivity index (χ4v) is 2.34. The molecule has 0 aromatic heterocycles. The van der Waals surface area contributed by atoms with Crippen LogP contribution in [0, 0.1) is 19.3 Å². The Morgan fingerprint density at radius 1 is 1.47 bits per heavy atom. The Labute approximate surface area is 113 Å². The summed E-state index contributed by atoms with van der Waals surface area (Å²) in [6, 6.07) is 7.14. The third-order valence-corrected chi connectivity index (χ3v) is 3.38. The zero-order valence-electron chi connectivity index (χ0n) is 11.0. The molecular formula is C15H17NO3. The van der Waals surface area contributed by atoms with E-state index >= 15 is 0 Å². The van der Waals surface area contributed by atoms with Crippen molar-refractivity contribution in [3.8, 4) is 12.3 Å². The predicted octanol–water partition coefficient (Wildman–Crippen LogP) is 1.11. The second kappa shape index (κ2) is 5.43. The average molecular weight is 259 g/mol. The minimum atomic E-state index is -0.783. The van der Waals surface area contributed by atoms with Crippen LogP contribution in [0.2, 0.25) is 0 Å². The highest BCUT2D eigenvalue weighted by Gasteiger charge is 2.51. The molecule has 0 saturated carbocycles. The minimum absolute atomic E-state index is 0.146. The number of aryl methyl sites for hydroxylation is 1. The van der Waals surface area contributed by atoms with E-state index < -0.39 is 18.2 Å². The van der Waals surface area contributed by atoms with E-state index in [4.69, 9.17) is 11.2 Å². The molecule has 1 saturated heterocycles. The highest BCUT2D eigenvalue weighted by Crippen LogP contribution is 2.32. The Kier molecular flexibility index (Phi) is 3.89. The van der Waals surface area contributed by atoms with E-state index in [0.717, 1.165) is 11.3 Å². The molecule has 3 atom stereocenters. The van der Waals surface area contributed by atoms with Gasteiger partial charge in [-0.25, -0.2) is 0 Å². The number of amides is 1. The van der Waals surface area contributed by atoms with Crippen LogP contribution in [-0.2, 0) is 9.53 Å². The summed E-state index contributed by atoms with van der Waals surface area (Å²) >= 11 is 0. The highest BCUT2D eigenvalue weighted by atomic mass is 16.5. The van der Waals surface area contributed by atoms with E-state index in [0.29, 0.717) is 0 Å². The van der Waals surface area contributed by atoms with Gasteiger partial charge in [0.15, 0.2) is 6.10 Å². The number of aliphatic hydroxyl groups excluding tert-OH is 1. The standard InChI is InChI=1S/C15H17NO3/c1-4-5-12(17)13-14(19-3)15(18)16(13)11-8-6-10(2)7-9-11/h1,6-9,12-14,17H,5H2,2-3H3/t12-,13-,14+/m0/s1. The molecule has 0 unspecified atom stereocenters. The Balaban J connectivity index is 2.25. The lowest BCUT2D eigenvalue weighted by Crippen LogP contribution is -2.70. The number of rotatable bonds is 4. The number of hydrogen-bond donors (Lipinski definition) is 1. The topological polar surface area (TPSA) is 49.8 Å². The summed E-state index contributed by atoms with van der Waals surface area (Å²) < 4.78 is 5.13. The van der Waals surface area contributed by atoms with Crippen molar-refractivity contribution in [2.75, 3.05) is 12.0 Å². The van der Waals surface area contributed by atoms with E-state index in [1.54, 1.807) is 4.90 Å². The zero-order chi connectivity index (χ0) is 14.0. The number of nitrogens with zero attached hydrogens (tertiary/aromatic N) is 1. The largest absolute Gasteiger partial charge is 0.390 e. The van der Waals surface area contributed by atoms with Crippen molar-refractivity contribution in [1.82, 2.24) is 0 Å². The molecule has 0 spiro atoms. The van der Waals surface area contributed by atoms with Crippen LogP contribution in [-0.4, -0.2) is 36.4 Å². The van der Waals surface area contributed by atoms with E-state index in [-0.39, 0.29) is 12.3 Å². The van der Waals surface area contributed by atoms with Crippen LogP contribution in [0.1, 0.15) is 12.0 Å². The lowest BCUT2D eigenvalue weighted by atomic mass is 9.90. The normalized spacial score (nSPS) is 23.7. The van der Waals surface area contributed by atoms with Crippen molar-refractivity contribution >= 4 is 11.6 Å². The number of aliphatic hydroxyl groups is 1. The van der Waals surface area contributed by atoms with Gasteiger partial charge in [-0.15, -0.1) is 12.3 Å². The van der Waals surface area contributed by atoms with Gasteiger partial charge in [0.1, 0.15) is 0 Å². The summed E-state index contributed by atoms with van der Waals surface area (Å²) in [5.41, 5.74) is 1.87. The fourth-order valence-electron chi connectivity index (χ4n) is 2.34. The van der Waals surface area contributed by atoms with Crippen molar-refractivity contribution in [1.29, 1.82) is 0 Å². The number of hydrogen-bond acceptors (Lipinski definition) is 3. The van der Waals surface area contributed by atoms with Crippen molar-refractivity contribution in [2.24, 2.45) is 0 Å². The van der Waals surface area contributed by atoms with Gasteiger partial charge in [0, 0.05) is 19.2 Å². The number of β-lactam (4-membered cyclic amide) rings is 1. The number of benzene rings is 1. The van der Waals surface area contributed by atoms with E-state index in [9.17, 15) is 9.90 Å². The highest BCUT2D eigenvalue weighted by molar-refractivity contribution is 6.05. The molecule has 1 aromatic carbocycles. The third-order valence-electron chi connectivity index (χ3n) is 3.38. The van der Waals surface area contributed by atoms with Gasteiger partial charge in [-0.3, -0.25) is 4.79 Å². The van der Waals surface area contributed by atoms with Gasteiger partial charge in [-0.05, 0) is 19.1 Å². The fraction of sp³-hybridized carbons (Fsp3) is 0.400. The molecule has 2 rings (SSSR count). The van der Waals surface area contributed by atoms with Crippen LogP contribution in [0.3, 0.4) is 0 Å². The lowest BCUT2D eigenvalue weighted by molar-refractivity contribution is -0.143. The minimum Gasteiger partial charge on any atom is -0.390 e. The number of carbonyl (C=O) groups is 1. The van der Waals surface area contributed by atoms with Crippen LogP contribution in [0.25, 0.3) is 0 Å². The monoisotopic (exact) mass is 259 g/mol. The molecule has 100 valence electrons. The third kappa shape index (κ3) is 2.35. The smallest absolute Gasteiger partial charge is 0.258 e. The second-order valence-electron chi connectivity index (χ2n) is 4.67. The molecule has 0 bridgehead atoms. The Morgan fingerprint density at radius 2 is 2.11 bits per heavy atom. The second-order valence-corrected chi connectivity index (χ2v) is 4.67. The first-order valence-corrected chi connectivity index (χ1v) is 6.14. The van der Waals surface area contributed by atoms with Crippen LogP contribution in [0.4, 0.5) is 5.69 Å². The predicted molar refractivity (Wildman–Crippen MR) is 72.7 cm³/mol. The number of methoxy groups -OCH3 is 1. The van der Waals surface area contributed by atoms with Gasteiger partial charge in [-0.2, -0.15) is 0 Å². The Morgan fingerprint density at radius 3 is 2.63 bits per heavy atom. The summed E-state index contributed by atoms with van der Waals surface area (Å²) in [7, 11) is 1.46. The first kappa shape index (κ1) is 13.6. The van der Waals surface area contributed by atoms with Crippen LogP contribution >= 0.6 is 0 Å². The van der Waals surface area contributed by atoms with Crippen LogP contribution in [0.15, 0.2) is 24.3 Å². The van der Waals surface area contributed by atoms with Gasteiger partial charge < -0.3 is 14.7 Å². The van der Waals surface area contributed by atoms with Crippen molar-refractivity contribution in [3.63, 3.8) is 0 Å². The maximum absolute atomic E-state index is 12.0. The lowest BCUT2D eigenvalue weighted by Gasteiger charge is -2.47. The molecule has 1 amide bonds. The molecule has 1 aliphatic rings. The molecule has 0 radical (unpaired) electrons. The van der Waals surface area contributed by atoms with E-state index in [2.05, 4.69) is 5.92 Å². The molecular weight excluding hydrogens is 242 g/mol. The van der Waals surface area contributed by atoms with Crippen LogP contribution in [0.5, 0.6) is 0 Å². The van der Waals surface area contributed by atoms with Crippen molar-refractivity contribution in [3.05, 3.63) is 29.8 Å². The molecule has 0 aliphatic carbocycles. The quantitative estimate of drug-likeness (QED) is 0.651. The summed E-state index contributed by atoms with van der Waals surface area (Å²) in [6.07, 6.45) is 4.01. The van der Waals surface area contributed by atoms with E-state index in [1.807, 2.05) is 31.2 Å². The molecule has 4 heteroatoms. The molecule has 1 fully saturated rings. The van der Waals surface area contributed by atoms with Crippen LogP contribution < -0.4 is 4.90 Å².